The maximum atomic E-state index is 13.0. The molecule has 2 saturated carbocycles. The number of nitrogens with one attached hydrogen (secondary N) is 1. The van der Waals surface area contributed by atoms with Gasteiger partial charge in [0.25, 0.3) is 0 Å². The van der Waals surface area contributed by atoms with Crippen LogP contribution in [0, 0.1) is 5.92 Å². The van der Waals surface area contributed by atoms with Crippen LogP contribution >= 0.6 is 0 Å². The number of carbonyl (C=O) groups is 1. The van der Waals surface area contributed by atoms with Crippen LogP contribution in [0.1, 0.15) is 58.3 Å². The third-order valence-corrected chi connectivity index (χ3v) is 5.55. The van der Waals surface area contributed by atoms with Crippen molar-refractivity contribution in [2.24, 2.45) is 5.92 Å². The van der Waals surface area contributed by atoms with E-state index in [0.717, 1.165) is 12.8 Å². The Morgan fingerprint density at radius 2 is 1.95 bits per heavy atom. The molecule has 1 amide bonds. The number of nitrogens with zero attached hydrogens (tertiary/aromatic N) is 1. The molecule has 1 aliphatic heterocycles. The van der Waals surface area contributed by atoms with Crippen LogP contribution in [0.4, 0.5) is 0 Å². The number of methoxy groups -OCH3 is 1. The highest BCUT2D eigenvalue weighted by Gasteiger charge is 2.55. The molecule has 3 rings (SSSR count). The first-order chi connectivity index (χ1) is 9.68. The van der Waals surface area contributed by atoms with Crippen molar-refractivity contribution >= 4 is 5.91 Å². The number of ether oxygens (including phenoxy) is 1. The molecule has 0 radical (unpaired) electrons. The summed E-state index contributed by atoms with van der Waals surface area (Å²) in [4.78, 5) is 15.2. The molecule has 3 fully saturated rings. The van der Waals surface area contributed by atoms with Gasteiger partial charge in [-0.25, -0.2) is 0 Å². The number of hydrogen-bond acceptors (Lipinski definition) is 3. The normalized spacial score (nSPS) is 31.6. The maximum absolute atomic E-state index is 13.0. The van der Waals surface area contributed by atoms with Gasteiger partial charge >= 0.3 is 0 Å². The van der Waals surface area contributed by atoms with Crippen LogP contribution in [0.25, 0.3) is 0 Å². The predicted molar refractivity (Wildman–Crippen MR) is 78.3 cm³/mol. The van der Waals surface area contributed by atoms with E-state index in [2.05, 4.69) is 17.1 Å². The van der Waals surface area contributed by atoms with E-state index in [9.17, 15) is 4.79 Å². The highest BCUT2D eigenvalue weighted by Crippen LogP contribution is 2.41. The van der Waals surface area contributed by atoms with E-state index < -0.39 is 0 Å². The molecular formula is C16H28N2O2. The zero-order chi connectivity index (χ0) is 14.2. The van der Waals surface area contributed by atoms with Gasteiger partial charge in [-0.05, 0) is 38.5 Å². The smallest absolute Gasteiger partial charge is 0.244 e. The van der Waals surface area contributed by atoms with Crippen LogP contribution in [-0.4, -0.2) is 42.3 Å². The highest BCUT2D eigenvalue weighted by atomic mass is 16.5. The van der Waals surface area contributed by atoms with Crippen LogP contribution in [0.3, 0.4) is 0 Å². The molecule has 0 aromatic heterocycles. The minimum Gasteiger partial charge on any atom is -0.383 e. The fourth-order valence-corrected chi connectivity index (χ4v) is 4.54. The second kappa shape index (κ2) is 5.64. The lowest BCUT2D eigenvalue weighted by Gasteiger charge is -2.33. The quantitative estimate of drug-likeness (QED) is 0.859. The molecule has 0 aromatic rings. The van der Waals surface area contributed by atoms with E-state index in [1.54, 1.807) is 7.11 Å². The van der Waals surface area contributed by atoms with Crippen molar-refractivity contribution in [3.8, 4) is 0 Å². The van der Waals surface area contributed by atoms with Crippen molar-refractivity contribution in [2.45, 2.75) is 76.0 Å². The molecule has 2 atom stereocenters. The van der Waals surface area contributed by atoms with Gasteiger partial charge in [0.15, 0.2) is 0 Å². The number of rotatable bonds is 4. The third kappa shape index (κ3) is 2.27. The van der Waals surface area contributed by atoms with E-state index in [4.69, 9.17) is 4.74 Å². The molecule has 0 aromatic carbocycles. The van der Waals surface area contributed by atoms with Crippen LogP contribution in [-0.2, 0) is 9.53 Å². The summed E-state index contributed by atoms with van der Waals surface area (Å²) in [5, 5.41) is 3.77. The highest BCUT2D eigenvalue weighted by molar-refractivity contribution is 5.89. The molecule has 114 valence electrons. The largest absolute Gasteiger partial charge is 0.383 e. The van der Waals surface area contributed by atoms with E-state index >= 15 is 0 Å². The maximum Gasteiger partial charge on any atom is 0.244 e. The standard InChI is InChI=1S/C16H28N2O2/c1-12(11-20-2)18-14(13-7-3-4-8-13)17-16(15(18)19)9-5-6-10-16/h12-14,17H,3-11H2,1-2H3. The topological polar surface area (TPSA) is 41.6 Å². The van der Waals surface area contributed by atoms with Crippen LogP contribution in [0.2, 0.25) is 0 Å². The summed E-state index contributed by atoms with van der Waals surface area (Å²) in [7, 11) is 1.72. The van der Waals surface area contributed by atoms with Gasteiger partial charge in [0, 0.05) is 7.11 Å². The summed E-state index contributed by atoms with van der Waals surface area (Å²) >= 11 is 0. The summed E-state index contributed by atoms with van der Waals surface area (Å²) in [5.74, 6) is 0.981. The molecule has 2 unspecified atom stereocenters. The number of amides is 1. The van der Waals surface area contributed by atoms with Gasteiger partial charge in [0.2, 0.25) is 5.91 Å². The summed E-state index contributed by atoms with van der Waals surface area (Å²) in [6.07, 6.45) is 9.80. The Kier molecular flexibility index (Phi) is 4.04. The van der Waals surface area contributed by atoms with Gasteiger partial charge in [0.1, 0.15) is 0 Å². The fourth-order valence-electron chi connectivity index (χ4n) is 4.54. The average molecular weight is 280 g/mol. The van der Waals surface area contributed by atoms with Crippen molar-refractivity contribution in [3.05, 3.63) is 0 Å². The third-order valence-electron chi connectivity index (χ3n) is 5.55. The van der Waals surface area contributed by atoms with Crippen molar-refractivity contribution in [2.75, 3.05) is 13.7 Å². The Labute approximate surface area is 122 Å². The molecule has 4 heteroatoms. The lowest BCUT2D eigenvalue weighted by molar-refractivity contribution is -0.136. The van der Waals surface area contributed by atoms with Crippen molar-refractivity contribution in [3.63, 3.8) is 0 Å². The van der Waals surface area contributed by atoms with Crippen LogP contribution in [0.15, 0.2) is 0 Å². The summed E-state index contributed by atoms with van der Waals surface area (Å²) < 4.78 is 5.30. The summed E-state index contributed by atoms with van der Waals surface area (Å²) in [5.41, 5.74) is -0.241. The Morgan fingerprint density at radius 3 is 2.55 bits per heavy atom. The molecule has 0 bridgehead atoms. The molecule has 1 N–H and O–H groups in total. The lowest BCUT2D eigenvalue weighted by Crippen LogP contribution is -2.48. The van der Waals surface area contributed by atoms with E-state index in [1.807, 2.05) is 0 Å². The van der Waals surface area contributed by atoms with Gasteiger partial charge in [0.05, 0.1) is 24.4 Å². The first kappa shape index (κ1) is 14.3. The lowest BCUT2D eigenvalue weighted by atomic mass is 9.97. The second-order valence-corrected chi connectivity index (χ2v) is 6.94. The molecule has 2 aliphatic carbocycles. The van der Waals surface area contributed by atoms with Gasteiger partial charge in [-0.15, -0.1) is 0 Å². The fraction of sp³-hybridized carbons (Fsp3) is 0.938. The Morgan fingerprint density at radius 1 is 1.30 bits per heavy atom. The molecule has 4 nitrogen and oxygen atoms in total. The van der Waals surface area contributed by atoms with E-state index in [-0.39, 0.29) is 17.7 Å². The summed E-state index contributed by atoms with van der Waals surface area (Å²) in [6.45, 7) is 2.76. The zero-order valence-corrected chi connectivity index (χ0v) is 12.9. The molecule has 1 spiro atoms. The Balaban J connectivity index is 1.83. The molecule has 20 heavy (non-hydrogen) atoms. The first-order valence-corrected chi connectivity index (χ1v) is 8.27. The van der Waals surface area contributed by atoms with E-state index in [0.29, 0.717) is 18.4 Å². The number of carbonyl (C=O) groups excluding carboxylic acids is 1. The summed E-state index contributed by atoms with van der Waals surface area (Å²) in [6, 6.07) is 0.172. The van der Waals surface area contributed by atoms with Gasteiger partial charge in [-0.2, -0.15) is 0 Å². The van der Waals surface area contributed by atoms with Gasteiger partial charge < -0.3 is 9.64 Å². The molecular weight excluding hydrogens is 252 g/mol. The molecule has 1 heterocycles. The van der Waals surface area contributed by atoms with E-state index in [1.165, 1.54) is 38.5 Å². The van der Waals surface area contributed by atoms with Crippen molar-refractivity contribution in [1.29, 1.82) is 0 Å². The predicted octanol–water partition coefficient (Wildman–Crippen LogP) is 2.28. The van der Waals surface area contributed by atoms with Gasteiger partial charge in [-0.3, -0.25) is 10.1 Å². The molecule has 3 aliphatic rings. The van der Waals surface area contributed by atoms with Crippen molar-refractivity contribution in [1.82, 2.24) is 10.2 Å². The Bertz CT molecular complexity index is 359. The van der Waals surface area contributed by atoms with Crippen LogP contribution < -0.4 is 5.32 Å². The Hall–Kier alpha value is -0.610. The van der Waals surface area contributed by atoms with Crippen molar-refractivity contribution < 1.29 is 9.53 Å². The average Bonchev–Trinajstić information content (AvgIpc) is 3.14. The second-order valence-electron chi connectivity index (χ2n) is 6.94. The monoisotopic (exact) mass is 280 g/mol. The minimum atomic E-state index is -0.241. The SMILES string of the molecule is COCC(C)N1C(=O)C2(CCCC2)NC1C1CCCC1. The minimum absolute atomic E-state index is 0.172. The van der Waals surface area contributed by atoms with Gasteiger partial charge in [-0.1, -0.05) is 25.7 Å². The first-order valence-electron chi connectivity index (χ1n) is 8.27. The zero-order valence-electron chi connectivity index (χ0n) is 12.9. The van der Waals surface area contributed by atoms with Crippen LogP contribution in [0.5, 0.6) is 0 Å². The molecule has 1 saturated heterocycles. The number of hydrogen-bond donors (Lipinski definition) is 1.